The Balaban J connectivity index is 1.53. The van der Waals surface area contributed by atoms with Crippen LogP contribution in [0.2, 0.25) is 5.02 Å². The second-order valence-corrected chi connectivity index (χ2v) is 5.47. The molecule has 1 N–H and O–H groups in total. The number of nitrogens with zero attached hydrogens (tertiary/aromatic N) is 2. The number of halogens is 2. The van der Waals surface area contributed by atoms with E-state index in [1.165, 1.54) is 6.07 Å². The first-order chi connectivity index (χ1) is 11.2. The summed E-state index contributed by atoms with van der Waals surface area (Å²) < 4.78 is 19.1. The summed E-state index contributed by atoms with van der Waals surface area (Å²) in [5.41, 5.74) is 1.47. The van der Waals surface area contributed by atoms with Crippen molar-refractivity contribution in [2.75, 3.05) is 6.54 Å². The third-order valence-corrected chi connectivity index (χ3v) is 3.58. The number of rotatable bonds is 6. The van der Waals surface area contributed by atoms with Gasteiger partial charge in [-0.25, -0.2) is 4.39 Å². The Labute approximate surface area is 138 Å². The van der Waals surface area contributed by atoms with Gasteiger partial charge in [0.2, 0.25) is 11.8 Å². The van der Waals surface area contributed by atoms with E-state index in [1.54, 1.807) is 24.3 Å². The highest BCUT2D eigenvalue weighted by atomic mass is 35.5. The van der Waals surface area contributed by atoms with Crippen molar-refractivity contribution in [1.29, 1.82) is 0 Å². The standard InChI is InChI=1S/C17H15ClFN3O/c18-14-6-3-5-13(10-14)17-22-21-16(23-17)11-20-9-8-12-4-1-2-7-15(12)19/h1-7,10,20H,8-9,11H2. The molecule has 0 unspecified atom stereocenters. The maximum Gasteiger partial charge on any atom is 0.247 e. The normalized spacial score (nSPS) is 10.9. The summed E-state index contributed by atoms with van der Waals surface area (Å²) in [4.78, 5) is 0. The molecule has 1 aromatic heterocycles. The molecule has 0 aliphatic carbocycles. The molecular formula is C17H15ClFN3O. The lowest BCUT2D eigenvalue weighted by Crippen LogP contribution is -2.17. The van der Waals surface area contributed by atoms with Crippen molar-refractivity contribution < 1.29 is 8.81 Å². The zero-order valence-corrected chi connectivity index (χ0v) is 13.1. The average Bonchev–Trinajstić information content (AvgIpc) is 3.02. The molecule has 4 nitrogen and oxygen atoms in total. The van der Waals surface area contributed by atoms with E-state index >= 15 is 0 Å². The summed E-state index contributed by atoms with van der Waals surface area (Å²) in [6.45, 7) is 1.05. The van der Waals surface area contributed by atoms with E-state index in [1.807, 2.05) is 18.2 Å². The van der Waals surface area contributed by atoms with Gasteiger partial charge in [-0.3, -0.25) is 0 Å². The van der Waals surface area contributed by atoms with Crippen LogP contribution in [0.3, 0.4) is 0 Å². The van der Waals surface area contributed by atoms with E-state index in [0.717, 1.165) is 5.56 Å². The number of benzene rings is 2. The third-order valence-electron chi connectivity index (χ3n) is 3.34. The number of nitrogens with one attached hydrogen (secondary N) is 1. The van der Waals surface area contributed by atoms with Gasteiger partial charge in [-0.05, 0) is 42.8 Å². The lowest BCUT2D eigenvalue weighted by molar-refractivity contribution is 0.477. The molecule has 2 aromatic carbocycles. The van der Waals surface area contributed by atoms with Gasteiger partial charge in [0.15, 0.2) is 0 Å². The molecule has 0 radical (unpaired) electrons. The van der Waals surface area contributed by atoms with Crippen molar-refractivity contribution in [2.45, 2.75) is 13.0 Å². The van der Waals surface area contributed by atoms with Crippen LogP contribution < -0.4 is 5.32 Å². The monoisotopic (exact) mass is 331 g/mol. The molecule has 6 heteroatoms. The molecule has 0 aliphatic heterocycles. The Bertz CT molecular complexity index is 791. The number of hydrogen-bond donors (Lipinski definition) is 1. The van der Waals surface area contributed by atoms with Crippen LogP contribution in [-0.2, 0) is 13.0 Å². The van der Waals surface area contributed by atoms with Gasteiger partial charge < -0.3 is 9.73 Å². The lowest BCUT2D eigenvalue weighted by atomic mass is 10.1. The quantitative estimate of drug-likeness (QED) is 0.697. The maximum absolute atomic E-state index is 13.5. The van der Waals surface area contributed by atoms with E-state index in [9.17, 15) is 4.39 Å². The number of aromatic nitrogens is 2. The van der Waals surface area contributed by atoms with Gasteiger partial charge in [-0.1, -0.05) is 35.9 Å². The zero-order valence-electron chi connectivity index (χ0n) is 12.3. The van der Waals surface area contributed by atoms with Crippen LogP contribution in [0.15, 0.2) is 52.9 Å². The Hall–Kier alpha value is -2.24. The summed E-state index contributed by atoms with van der Waals surface area (Å²) in [5.74, 6) is 0.724. The molecule has 3 rings (SSSR count). The SMILES string of the molecule is Fc1ccccc1CCNCc1nnc(-c2cccc(Cl)c2)o1. The summed E-state index contributed by atoms with van der Waals surface area (Å²) in [6, 6.07) is 14.0. The van der Waals surface area contributed by atoms with Gasteiger partial charge >= 0.3 is 0 Å². The van der Waals surface area contributed by atoms with Crippen LogP contribution >= 0.6 is 11.6 Å². The fourth-order valence-corrected chi connectivity index (χ4v) is 2.37. The van der Waals surface area contributed by atoms with Crippen LogP contribution in [-0.4, -0.2) is 16.7 Å². The third kappa shape index (κ3) is 4.15. The van der Waals surface area contributed by atoms with E-state index in [4.69, 9.17) is 16.0 Å². The van der Waals surface area contributed by atoms with Gasteiger partial charge in [0.1, 0.15) is 5.82 Å². The molecule has 0 fully saturated rings. The van der Waals surface area contributed by atoms with Crippen LogP contribution in [0.1, 0.15) is 11.5 Å². The summed E-state index contributed by atoms with van der Waals surface area (Å²) in [6.07, 6.45) is 0.599. The molecule has 0 atom stereocenters. The molecule has 0 saturated carbocycles. The molecule has 0 bridgehead atoms. The second kappa shape index (κ2) is 7.35. The Morgan fingerprint density at radius 1 is 1.09 bits per heavy atom. The average molecular weight is 332 g/mol. The molecule has 118 valence electrons. The summed E-state index contributed by atoms with van der Waals surface area (Å²) >= 11 is 5.94. The van der Waals surface area contributed by atoms with Crippen molar-refractivity contribution in [3.8, 4) is 11.5 Å². The fourth-order valence-electron chi connectivity index (χ4n) is 2.18. The van der Waals surface area contributed by atoms with Crippen molar-refractivity contribution in [2.24, 2.45) is 0 Å². The van der Waals surface area contributed by atoms with Gasteiger partial charge in [0, 0.05) is 10.6 Å². The predicted octanol–water partition coefficient (Wildman–Crippen LogP) is 3.86. The highest BCUT2D eigenvalue weighted by Gasteiger charge is 2.08. The molecule has 23 heavy (non-hydrogen) atoms. The molecule has 3 aromatic rings. The van der Waals surface area contributed by atoms with Crippen molar-refractivity contribution in [1.82, 2.24) is 15.5 Å². The highest BCUT2D eigenvalue weighted by molar-refractivity contribution is 6.30. The minimum absolute atomic E-state index is 0.185. The van der Waals surface area contributed by atoms with E-state index < -0.39 is 0 Å². The molecular weight excluding hydrogens is 317 g/mol. The van der Waals surface area contributed by atoms with E-state index in [0.29, 0.717) is 41.9 Å². The smallest absolute Gasteiger partial charge is 0.247 e. The topological polar surface area (TPSA) is 51.0 Å². The molecule has 0 spiro atoms. The van der Waals surface area contributed by atoms with Crippen LogP contribution in [0.4, 0.5) is 4.39 Å². The largest absolute Gasteiger partial charge is 0.419 e. The van der Waals surface area contributed by atoms with Crippen LogP contribution in [0, 0.1) is 5.82 Å². The van der Waals surface area contributed by atoms with Crippen molar-refractivity contribution >= 4 is 11.6 Å². The molecule has 1 heterocycles. The van der Waals surface area contributed by atoms with Crippen LogP contribution in [0.5, 0.6) is 0 Å². The Morgan fingerprint density at radius 3 is 2.78 bits per heavy atom. The van der Waals surface area contributed by atoms with Crippen LogP contribution in [0.25, 0.3) is 11.5 Å². The van der Waals surface area contributed by atoms with Gasteiger partial charge in [-0.15, -0.1) is 10.2 Å². The Kier molecular flexibility index (Phi) is 5.00. The van der Waals surface area contributed by atoms with Gasteiger partial charge in [0.25, 0.3) is 0 Å². The second-order valence-electron chi connectivity index (χ2n) is 5.03. The molecule has 0 aliphatic rings. The first kappa shape index (κ1) is 15.6. The fraction of sp³-hybridized carbons (Fsp3) is 0.176. The minimum atomic E-state index is -0.185. The lowest BCUT2D eigenvalue weighted by Gasteiger charge is -2.03. The zero-order chi connectivity index (χ0) is 16.1. The summed E-state index contributed by atoms with van der Waals surface area (Å²) in [7, 11) is 0. The maximum atomic E-state index is 13.5. The van der Waals surface area contributed by atoms with Crippen molar-refractivity contribution in [3.05, 3.63) is 70.8 Å². The minimum Gasteiger partial charge on any atom is -0.419 e. The van der Waals surface area contributed by atoms with E-state index in [-0.39, 0.29) is 5.82 Å². The Morgan fingerprint density at radius 2 is 1.96 bits per heavy atom. The summed E-state index contributed by atoms with van der Waals surface area (Å²) in [5, 5.41) is 11.8. The van der Waals surface area contributed by atoms with E-state index in [2.05, 4.69) is 15.5 Å². The highest BCUT2D eigenvalue weighted by Crippen LogP contribution is 2.21. The van der Waals surface area contributed by atoms with Gasteiger partial charge in [-0.2, -0.15) is 0 Å². The van der Waals surface area contributed by atoms with Crippen molar-refractivity contribution in [3.63, 3.8) is 0 Å². The first-order valence-electron chi connectivity index (χ1n) is 7.25. The number of hydrogen-bond acceptors (Lipinski definition) is 4. The molecule has 0 amide bonds. The molecule has 0 saturated heterocycles. The predicted molar refractivity (Wildman–Crippen MR) is 86.6 cm³/mol. The van der Waals surface area contributed by atoms with Gasteiger partial charge in [0.05, 0.1) is 6.54 Å². The first-order valence-corrected chi connectivity index (χ1v) is 7.62.